The molecular weight excluding hydrogens is 312 g/mol. The highest BCUT2D eigenvalue weighted by molar-refractivity contribution is 5.97. The minimum Gasteiger partial charge on any atom is -0.493 e. The molecule has 2 aliphatic rings. The first-order chi connectivity index (χ1) is 10.7. The summed E-state index contributed by atoms with van der Waals surface area (Å²) in [6.45, 7) is 2.50. The molecule has 0 heterocycles. The van der Waals surface area contributed by atoms with Gasteiger partial charge < -0.3 is 15.8 Å². The maximum Gasteiger partial charge on any atom is 0.255 e. The smallest absolute Gasteiger partial charge is 0.255 e. The molecule has 0 radical (unpaired) electrons. The highest BCUT2D eigenvalue weighted by atomic mass is 35.5. The molecule has 0 saturated heterocycles. The van der Waals surface area contributed by atoms with Crippen LogP contribution in [-0.2, 0) is 0 Å². The number of halogens is 1. The Morgan fingerprint density at radius 2 is 1.91 bits per heavy atom. The number of hydrogen-bond acceptors (Lipinski definition) is 3. The van der Waals surface area contributed by atoms with Gasteiger partial charge in [-0.3, -0.25) is 4.79 Å². The fourth-order valence-corrected chi connectivity index (χ4v) is 4.19. The molecular formula is C18H27ClN2O2. The molecule has 3 rings (SSSR count). The predicted octanol–water partition coefficient (Wildman–Crippen LogP) is 3.14. The number of benzene rings is 1. The Morgan fingerprint density at radius 3 is 2.57 bits per heavy atom. The topological polar surface area (TPSA) is 64.3 Å². The first-order valence-corrected chi connectivity index (χ1v) is 8.47. The van der Waals surface area contributed by atoms with Gasteiger partial charge in [-0.2, -0.15) is 0 Å². The average Bonchev–Trinajstić information content (AvgIpc) is 2.49. The molecule has 2 bridgehead atoms. The van der Waals surface area contributed by atoms with Crippen molar-refractivity contribution in [1.82, 2.24) is 5.32 Å². The van der Waals surface area contributed by atoms with Crippen LogP contribution >= 0.6 is 12.4 Å². The van der Waals surface area contributed by atoms with Gasteiger partial charge in [-0.05, 0) is 56.6 Å². The zero-order chi connectivity index (χ0) is 15.5. The second-order valence-corrected chi connectivity index (χ2v) is 6.61. The Hall–Kier alpha value is -1.26. The highest BCUT2D eigenvalue weighted by Gasteiger charge is 2.40. The van der Waals surface area contributed by atoms with Crippen LogP contribution in [0.4, 0.5) is 0 Å². The first-order valence-electron chi connectivity index (χ1n) is 8.47. The van der Waals surface area contributed by atoms with Crippen LogP contribution in [0.1, 0.15) is 49.4 Å². The first kappa shape index (κ1) is 18.1. The lowest BCUT2D eigenvalue weighted by Gasteiger charge is -2.45. The number of rotatable bonds is 4. The van der Waals surface area contributed by atoms with E-state index in [1.54, 1.807) is 0 Å². The van der Waals surface area contributed by atoms with Crippen molar-refractivity contribution in [3.05, 3.63) is 29.8 Å². The molecule has 1 aromatic carbocycles. The monoisotopic (exact) mass is 338 g/mol. The molecule has 3 N–H and O–H groups in total. The molecule has 2 atom stereocenters. The van der Waals surface area contributed by atoms with Crippen LogP contribution in [0, 0.1) is 11.8 Å². The molecule has 1 amide bonds. The third-order valence-corrected chi connectivity index (χ3v) is 5.11. The lowest BCUT2D eigenvalue weighted by molar-refractivity contribution is 0.0753. The van der Waals surface area contributed by atoms with E-state index < -0.39 is 0 Å². The maximum atomic E-state index is 12.7. The number of nitrogens with one attached hydrogen (secondary N) is 1. The Balaban J connectivity index is 0.00000192. The lowest BCUT2D eigenvalue weighted by atomic mass is 9.67. The third-order valence-electron chi connectivity index (χ3n) is 5.11. The van der Waals surface area contributed by atoms with Gasteiger partial charge in [0.1, 0.15) is 5.75 Å². The van der Waals surface area contributed by atoms with Crippen molar-refractivity contribution in [3.8, 4) is 5.75 Å². The normalized spacial score (nSPS) is 29.3. The van der Waals surface area contributed by atoms with Gasteiger partial charge in [0.25, 0.3) is 5.91 Å². The number of fused-ring (bicyclic) bond motifs is 2. The molecule has 2 fully saturated rings. The SMILES string of the molecule is CCOc1ccccc1C(=O)NC1C2CCCC1CC(N)C2.Cl. The van der Waals surface area contributed by atoms with Crippen LogP contribution in [0.25, 0.3) is 0 Å². The van der Waals surface area contributed by atoms with Gasteiger partial charge in [-0.1, -0.05) is 18.6 Å². The van der Waals surface area contributed by atoms with E-state index >= 15 is 0 Å². The second-order valence-electron chi connectivity index (χ2n) is 6.61. The molecule has 5 heteroatoms. The van der Waals surface area contributed by atoms with Crippen molar-refractivity contribution in [2.75, 3.05) is 6.61 Å². The Morgan fingerprint density at radius 1 is 1.26 bits per heavy atom. The Labute approximate surface area is 144 Å². The number of carbonyl (C=O) groups excluding carboxylic acids is 1. The van der Waals surface area contributed by atoms with Crippen LogP contribution in [0.3, 0.4) is 0 Å². The largest absolute Gasteiger partial charge is 0.493 e. The van der Waals surface area contributed by atoms with E-state index in [0.29, 0.717) is 35.8 Å². The van der Waals surface area contributed by atoms with Crippen LogP contribution in [-0.4, -0.2) is 24.6 Å². The second kappa shape index (κ2) is 8.02. The van der Waals surface area contributed by atoms with E-state index in [9.17, 15) is 4.79 Å². The van der Waals surface area contributed by atoms with E-state index in [4.69, 9.17) is 10.5 Å². The molecule has 2 saturated carbocycles. The number of ether oxygens (including phenoxy) is 1. The molecule has 2 unspecified atom stereocenters. The number of carbonyl (C=O) groups is 1. The minimum absolute atomic E-state index is 0. The van der Waals surface area contributed by atoms with E-state index in [1.165, 1.54) is 19.3 Å². The number of hydrogen-bond donors (Lipinski definition) is 2. The van der Waals surface area contributed by atoms with Crippen molar-refractivity contribution < 1.29 is 9.53 Å². The Kier molecular flexibility index (Phi) is 6.31. The number of para-hydroxylation sites is 1. The zero-order valence-corrected chi connectivity index (χ0v) is 14.5. The van der Waals surface area contributed by atoms with Crippen molar-refractivity contribution in [2.45, 2.75) is 51.1 Å². The average molecular weight is 339 g/mol. The van der Waals surface area contributed by atoms with E-state index in [1.807, 2.05) is 31.2 Å². The molecule has 0 spiro atoms. The van der Waals surface area contributed by atoms with Crippen molar-refractivity contribution in [2.24, 2.45) is 17.6 Å². The summed E-state index contributed by atoms with van der Waals surface area (Å²) in [5, 5.41) is 3.28. The lowest BCUT2D eigenvalue weighted by Crippen LogP contribution is -2.53. The quantitative estimate of drug-likeness (QED) is 0.886. The van der Waals surface area contributed by atoms with Gasteiger partial charge in [-0.25, -0.2) is 0 Å². The summed E-state index contributed by atoms with van der Waals surface area (Å²) >= 11 is 0. The van der Waals surface area contributed by atoms with Crippen LogP contribution < -0.4 is 15.8 Å². The fourth-order valence-electron chi connectivity index (χ4n) is 4.19. The summed E-state index contributed by atoms with van der Waals surface area (Å²) in [6.07, 6.45) is 5.71. The molecule has 1 aromatic rings. The van der Waals surface area contributed by atoms with E-state index in [0.717, 1.165) is 12.8 Å². The van der Waals surface area contributed by atoms with Crippen molar-refractivity contribution in [3.63, 3.8) is 0 Å². The summed E-state index contributed by atoms with van der Waals surface area (Å²) in [4.78, 5) is 12.7. The summed E-state index contributed by atoms with van der Waals surface area (Å²) in [5.41, 5.74) is 6.80. The van der Waals surface area contributed by atoms with Gasteiger partial charge in [-0.15, -0.1) is 12.4 Å². The van der Waals surface area contributed by atoms with Crippen molar-refractivity contribution >= 4 is 18.3 Å². The highest BCUT2D eigenvalue weighted by Crippen LogP contribution is 2.39. The minimum atomic E-state index is -0.0126. The van der Waals surface area contributed by atoms with Gasteiger partial charge in [0.05, 0.1) is 12.2 Å². The molecule has 128 valence electrons. The van der Waals surface area contributed by atoms with Crippen LogP contribution in [0.15, 0.2) is 24.3 Å². The summed E-state index contributed by atoms with van der Waals surface area (Å²) in [7, 11) is 0. The summed E-state index contributed by atoms with van der Waals surface area (Å²) < 4.78 is 5.58. The molecule has 23 heavy (non-hydrogen) atoms. The third kappa shape index (κ3) is 3.99. The van der Waals surface area contributed by atoms with Crippen LogP contribution in [0.2, 0.25) is 0 Å². The maximum absolute atomic E-state index is 12.7. The molecule has 0 aromatic heterocycles. The summed E-state index contributed by atoms with van der Waals surface area (Å²) in [6, 6.07) is 8.06. The van der Waals surface area contributed by atoms with Gasteiger partial charge >= 0.3 is 0 Å². The van der Waals surface area contributed by atoms with E-state index in [2.05, 4.69) is 5.32 Å². The predicted molar refractivity (Wildman–Crippen MR) is 94.2 cm³/mol. The van der Waals surface area contributed by atoms with E-state index in [-0.39, 0.29) is 24.4 Å². The number of amides is 1. The fraction of sp³-hybridized carbons (Fsp3) is 0.611. The molecule has 2 aliphatic carbocycles. The standard InChI is InChI=1S/C18H26N2O2.ClH/c1-2-22-16-9-4-3-8-15(16)18(21)20-17-12-6-5-7-13(17)11-14(19)10-12;/h3-4,8-9,12-14,17H,2,5-7,10-11,19H2,1H3,(H,20,21);1H. The molecule has 0 aliphatic heterocycles. The van der Waals surface area contributed by atoms with Gasteiger partial charge in [0.2, 0.25) is 0 Å². The zero-order valence-electron chi connectivity index (χ0n) is 13.7. The number of nitrogens with two attached hydrogens (primary N) is 1. The Bertz CT molecular complexity index is 524. The van der Waals surface area contributed by atoms with Gasteiger partial charge in [0, 0.05) is 12.1 Å². The van der Waals surface area contributed by atoms with Crippen LogP contribution in [0.5, 0.6) is 5.75 Å². The summed E-state index contributed by atoms with van der Waals surface area (Å²) in [5.74, 6) is 1.72. The van der Waals surface area contributed by atoms with Gasteiger partial charge in [0.15, 0.2) is 0 Å². The molecule has 4 nitrogen and oxygen atoms in total. The van der Waals surface area contributed by atoms with Crippen molar-refractivity contribution in [1.29, 1.82) is 0 Å².